The van der Waals surface area contributed by atoms with Crippen molar-refractivity contribution in [1.29, 1.82) is 0 Å². The first kappa shape index (κ1) is 5.88. The highest BCUT2D eigenvalue weighted by Crippen LogP contribution is 1.80. The molecule has 1 aliphatic rings. The molecule has 0 radical (unpaired) electrons. The number of rotatable bonds is 0. The summed E-state index contributed by atoms with van der Waals surface area (Å²) in [4.78, 5) is 0. The van der Waals surface area contributed by atoms with Crippen LogP contribution < -0.4 is 17.0 Å². The van der Waals surface area contributed by atoms with Gasteiger partial charge in [0.05, 0.1) is 0 Å². The molecule has 0 aromatic rings. The summed E-state index contributed by atoms with van der Waals surface area (Å²) < 4.78 is 0. The third-order valence-corrected chi connectivity index (χ3v) is 0.707. The Balaban J connectivity index is 0.000000112. The van der Waals surface area contributed by atoms with Gasteiger partial charge >= 0.3 is 0 Å². The summed E-state index contributed by atoms with van der Waals surface area (Å²) in [5.74, 6) is 8.00. The van der Waals surface area contributed by atoms with Gasteiger partial charge in [-0.05, 0) is 19.5 Å². The number of hydrogen-bond acceptors (Lipinski definition) is 3. The largest absolute Gasteiger partial charge is 0.317 e. The van der Waals surface area contributed by atoms with Crippen molar-refractivity contribution in [2.45, 2.75) is 6.42 Å². The van der Waals surface area contributed by atoms with Crippen LogP contribution in [-0.2, 0) is 0 Å². The van der Waals surface area contributed by atoms with Crippen LogP contribution in [0.2, 0.25) is 0 Å². The smallest absolute Gasteiger partial charge is 0.00368 e. The number of nitrogens with two attached hydrogens (primary N) is 2. The van der Waals surface area contributed by atoms with E-state index in [2.05, 4.69) is 17.0 Å². The Morgan fingerprint density at radius 1 is 1.17 bits per heavy atom. The topological polar surface area (TPSA) is 64.1 Å². The summed E-state index contributed by atoms with van der Waals surface area (Å²) in [7, 11) is 0. The number of nitrogens with one attached hydrogen (secondary N) is 1. The maximum absolute atomic E-state index is 4.00. The van der Waals surface area contributed by atoms with E-state index in [4.69, 9.17) is 0 Å². The van der Waals surface area contributed by atoms with E-state index in [-0.39, 0.29) is 0 Å². The van der Waals surface area contributed by atoms with Crippen molar-refractivity contribution in [2.75, 3.05) is 13.1 Å². The molecule has 3 nitrogen and oxygen atoms in total. The van der Waals surface area contributed by atoms with Gasteiger partial charge in [-0.15, -0.1) is 0 Å². The lowest BCUT2D eigenvalue weighted by molar-refractivity contribution is 0.527. The minimum absolute atomic E-state index is 1.25. The van der Waals surface area contributed by atoms with E-state index in [1.165, 1.54) is 19.5 Å². The van der Waals surface area contributed by atoms with Crippen LogP contribution in [0.3, 0.4) is 0 Å². The second kappa shape index (κ2) is 4.88. The fraction of sp³-hybridized carbons (Fsp3) is 1.00. The van der Waals surface area contributed by atoms with Gasteiger partial charge < -0.3 is 5.32 Å². The highest BCUT2D eigenvalue weighted by atomic mass is 15.0. The van der Waals surface area contributed by atoms with Crippen molar-refractivity contribution in [3.05, 3.63) is 0 Å². The van der Waals surface area contributed by atoms with Gasteiger partial charge in [-0.1, -0.05) is 0 Å². The van der Waals surface area contributed by atoms with Gasteiger partial charge in [0.2, 0.25) is 0 Å². The summed E-state index contributed by atoms with van der Waals surface area (Å²) in [6.45, 7) is 2.50. The number of hydrazine groups is 1. The van der Waals surface area contributed by atoms with Gasteiger partial charge in [0, 0.05) is 0 Å². The van der Waals surface area contributed by atoms with Crippen molar-refractivity contribution in [2.24, 2.45) is 11.7 Å². The zero-order valence-electron chi connectivity index (χ0n) is 3.78. The second-order valence-corrected chi connectivity index (χ2v) is 1.10. The van der Waals surface area contributed by atoms with Gasteiger partial charge in [0.1, 0.15) is 0 Å². The van der Waals surface area contributed by atoms with E-state index in [9.17, 15) is 0 Å². The Kier molecular flexibility index (Phi) is 4.78. The maximum atomic E-state index is 4.00. The molecule has 6 heavy (non-hydrogen) atoms. The van der Waals surface area contributed by atoms with E-state index in [0.29, 0.717) is 0 Å². The molecule has 0 aromatic heterocycles. The molecule has 3 heteroatoms. The SMILES string of the molecule is C1CNC1.NN. The zero-order chi connectivity index (χ0) is 4.83. The summed E-state index contributed by atoms with van der Waals surface area (Å²) >= 11 is 0. The van der Waals surface area contributed by atoms with Gasteiger partial charge in [0.15, 0.2) is 0 Å². The average molecular weight is 89.1 g/mol. The number of hydrogen-bond donors (Lipinski definition) is 3. The molecule has 0 aromatic carbocycles. The third-order valence-electron chi connectivity index (χ3n) is 0.707. The summed E-state index contributed by atoms with van der Waals surface area (Å²) in [6, 6.07) is 0. The van der Waals surface area contributed by atoms with E-state index >= 15 is 0 Å². The van der Waals surface area contributed by atoms with Gasteiger partial charge in [0.25, 0.3) is 0 Å². The predicted octanol–water partition coefficient (Wildman–Crippen LogP) is -1.20. The van der Waals surface area contributed by atoms with Crippen LogP contribution in [0.25, 0.3) is 0 Å². The Bertz CT molecular complexity index is 14.0. The lowest BCUT2D eigenvalue weighted by Gasteiger charge is -2.09. The summed E-state index contributed by atoms with van der Waals surface area (Å²) in [5.41, 5.74) is 0. The van der Waals surface area contributed by atoms with Crippen LogP contribution in [0.4, 0.5) is 0 Å². The van der Waals surface area contributed by atoms with Gasteiger partial charge in [-0.2, -0.15) is 0 Å². The van der Waals surface area contributed by atoms with Crippen LogP contribution in [0, 0.1) is 0 Å². The van der Waals surface area contributed by atoms with Crippen molar-refractivity contribution in [3.63, 3.8) is 0 Å². The highest BCUT2D eigenvalue weighted by Gasteiger charge is 1.92. The minimum Gasteiger partial charge on any atom is -0.317 e. The van der Waals surface area contributed by atoms with Crippen molar-refractivity contribution >= 4 is 0 Å². The van der Waals surface area contributed by atoms with Crippen LogP contribution in [-0.4, -0.2) is 13.1 Å². The molecule has 0 spiro atoms. The molecule has 1 saturated heterocycles. The van der Waals surface area contributed by atoms with E-state index in [1.807, 2.05) is 0 Å². The molecule has 38 valence electrons. The Morgan fingerprint density at radius 3 is 1.33 bits per heavy atom. The molecule has 1 heterocycles. The van der Waals surface area contributed by atoms with Crippen LogP contribution in [0.15, 0.2) is 0 Å². The van der Waals surface area contributed by atoms with Crippen molar-refractivity contribution < 1.29 is 0 Å². The van der Waals surface area contributed by atoms with E-state index in [1.54, 1.807) is 0 Å². The van der Waals surface area contributed by atoms with Crippen molar-refractivity contribution in [3.8, 4) is 0 Å². The first-order valence-corrected chi connectivity index (χ1v) is 2.04. The average Bonchev–Trinajstić information content (AvgIpc) is 1.36. The summed E-state index contributed by atoms with van der Waals surface area (Å²) in [5, 5.41) is 3.11. The lowest BCUT2D eigenvalue weighted by Crippen LogP contribution is -2.29. The molecular weight excluding hydrogens is 78.1 g/mol. The molecule has 0 atom stereocenters. The molecule has 0 saturated carbocycles. The predicted molar refractivity (Wildman–Crippen MR) is 25.9 cm³/mol. The van der Waals surface area contributed by atoms with Crippen LogP contribution in [0.1, 0.15) is 6.42 Å². The monoisotopic (exact) mass is 89.1 g/mol. The fourth-order valence-electron chi connectivity index (χ4n) is 0.177. The zero-order valence-corrected chi connectivity index (χ0v) is 3.78. The Morgan fingerprint density at radius 2 is 1.33 bits per heavy atom. The van der Waals surface area contributed by atoms with Crippen LogP contribution in [0.5, 0.6) is 0 Å². The summed E-state index contributed by atoms with van der Waals surface area (Å²) in [6.07, 6.45) is 1.39. The molecule has 1 rings (SSSR count). The molecule has 0 bridgehead atoms. The van der Waals surface area contributed by atoms with E-state index < -0.39 is 0 Å². The molecule has 0 aliphatic carbocycles. The maximum Gasteiger partial charge on any atom is -0.00368 e. The minimum atomic E-state index is 1.25. The quantitative estimate of drug-likeness (QED) is 0.258. The van der Waals surface area contributed by atoms with Crippen LogP contribution >= 0.6 is 0 Å². The fourth-order valence-corrected chi connectivity index (χ4v) is 0.177. The van der Waals surface area contributed by atoms with Gasteiger partial charge in [-0.3, -0.25) is 11.7 Å². The van der Waals surface area contributed by atoms with E-state index in [0.717, 1.165) is 0 Å². The molecular formula is C3H11N3. The standard InChI is InChI=1S/C3H7N.H4N2/c1-2-4-3-1;1-2/h4H,1-3H2;1-2H2. The lowest BCUT2D eigenvalue weighted by atomic mass is 10.3. The second-order valence-electron chi connectivity index (χ2n) is 1.10. The molecule has 1 fully saturated rings. The molecule has 0 unspecified atom stereocenters. The van der Waals surface area contributed by atoms with Crippen molar-refractivity contribution in [1.82, 2.24) is 5.32 Å². The molecule has 1 aliphatic heterocycles. The highest BCUT2D eigenvalue weighted by molar-refractivity contribution is 4.56. The Labute approximate surface area is 37.7 Å². The molecule has 5 N–H and O–H groups in total. The normalized spacial score (nSPS) is 17.0. The first-order valence-electron chi connectivity index (χ1n) is 2.04. The molecule has 0 amide bonds. The third kappa shape index (κ3) is 2.14. The Hall–Kier alpha value is -0.120. The van der Waals surface area contributed by atoms with Gasteiger partial charge in [-0.25, -0.2) is 0 Å². The first-order chi connectivity index (χ1) is 3.00.